The van der Waals surface area contributed by atoms with Gasteiger partial charge in [-0.25, -0.2) is 9.67 Å². The smallest absolute Gasteiger partial charge is 0.387 e. The maximum Gasteiger partial charge on any atom is 0.387 e. The average Bonchev–Trinajstić information content (AvgIpc) is 3.24. The Hall–Kier alpha value is -2.76. The van der Waals surface area contributed by atoms with Crippen LogP contribution in [0.3, 0.4) is 0 Å². The molecular formula is C22H26F2N4O4S. The molecule has 4 rings (SSSR count). The first kappa shape index (κ1) is 23.4. The second-order valence-corrected chi connectivity index (χ2v) is 11.1. The van der Waals surface area contributed by atoms with Crippen molar-refractivity contribution in [1.29, 1.82) is 0 Å². The number of aromatic nitrogens is 3. The molecule has 11 heteroatoms. The molecule has 8 nitrogen and oxygen atoms in total. The van der Waals surface area contributed by atoms with Crippen LogP contribution in [0.25, 0.3) is 16.7 Å². The molecule has 1 amide bonds. The van der Waals surface area contributed by atoms with Crippen LogP contribution in [0, 0.1) is 0 Å². The number of benzene rings is 1. The van der Waals surface area contributed by atoms with Gasteiger partial charge in [0.15, 0.2) is 5.65 Å². The summed E-state index contributed by atoms with van der Waals surface area (Å²) in [5.41, 5.74) is 1.29. The summed E-state index contributed by atoms with van der Waals surface area (Å²) in [4.78, 5) is 17.4. The molecule has 0 radical (unpaired) electrons. The normalized spacial score (nSPS) is 21.0. The third kappa shape index (κ3) is 4.94. The van der Waals surface area contributed by atoms with Gasteiger partial charge in [-0.3, -0.25) is 13.9 Å². The first-order valence-electron chi connectivity index (χ1n) is 10.5. The first-order valence-corrected chi connectivity index (χ1v) is 12.3. The molecule has 33 heavy (non-hydrogen) atoms. The monoisotopic (exact) mass is 480 g/mol. The van der Waals surface area contributed by atoms with Crippen LogP contribution in [0.4, 0.5) is 8.78 Å². The van der Waals surface area contributed by atoms with E-state index >= 15 is 0 Å². The van der Waals surface area contributed by atoms with E-state index in [-0.39, 0.29) is 29.1 Å². The summed E-state index contributed by atoms with van der Waals surface area (Å²) in [6.07, 6.45) is 1.90. The summed E-state index contributed by atoms with van der Waals surface area (Å²) in [7, 11) is -2.67. The number of alkyl halides is 2. The maximum absolute atomic E-state index is 12.9. The van der Waals surface area contributed by atoms with Crippen molar-refractivity contribution in [3.8, 4) is 11.4 Å². The average molecular weight is 481 g/mol. The van der Waals surface area contributed by atoms with E-state index in [1.165, 1.54) is 23.0 Å². The van der Waals surface area contributed by atoms with Gasteiger partial charge in [0.25, 0.3) is 5.91 Å². The molecule has 1 unspecified atom stereocenters. The number of ether oxygens (including phenoxy) is 1. The highest BCUT2D eigenvalue weighted by Crippen LogP contribution is 2.49. The Balaban J connectivity index is 1.70. The summed E-state index contributed by atoms with van der Waals surface area (Å²) >= 11 is 0. The minimum atomic E-state index is -2.94. The van der Waals surface area contributed by atoms with E-state index in [2.05, 4.69) is 20.1 Å². The van der Waals surface area contributed by atoms with Gasteiger partial charge in [-0.1, -0.05) is 19.9 Å². The van der Waals surface area contributed by atoms with Crippen molar-refractivity contribution in [2.45, 2.75) is 45.3 Å². The van der Waals surface area contributed by atoms with Gasteiger partial charge in [0.1, 0.15) is 5.75 Å². The Bertz CT molecular complexity index is 1200. The number of carbonyl (C=O) groups excluding carboxylic acids is 1. The van der Waals surface area contributed by atoms with E-state index in [9.17, 15) is 22.7 Å². The fourth-order valence-corrected chi connectivity index (χ4v) is 6.19. The molecule has 1 aliphatic rings. The minimum absolute atomic E-state index is 0.00373. The zero-order valence-electron chi connectivity index (χ0n) is 18.5. The molecule has 1 fully saturated rings. The molecule has 1 aromatic carbocycles. The van der Waals surface area contributed by atoms with Crippen molar-refractivity contribution in [3.05, 3.63) is 47.8 Å². The summed E-state index contributed by atoms with van der Waals surface area (Å²) in [5, 5.41) is 8.21. The summed E-state index contributed by atoms with van der Waals surface area (Å²) in [5.74, 6) is 0.0327. The predicted molar refractivity (Wildman–Crippen MR) is 123 cm³/mol. The third-order valence-electron chi connectivity index (χ3n) is 5.59. The molecule has 2 aromatic heterocycles. The number of rotatable bonds is 6. The molecule has 3 heterocycles. The Labute approximate surface area is 191 Å². The number of amides is 1. The third-order valence-corrected chi connectivity index (χ3v) is 7.55. The Kier molecular flexibility index (Phi) is 6.06. The number of carbonyl (C=O) groups is 1. The fraction of sp³-hybridized carbons (Fsp3) is 0.409. The van der Waals surface area contributed by atoms with Crippen molar-refractivity contribution in [2.75, 3.05) is 11.5 Å². The predicted octanol–water partition coefficient (Wildman–Crippen LogP) is 4.79. The fourth-order valence-electron chi connectivity index (χ4n) is 4.03. The summed E-state index contributed by atoms with van der Waals surface area (Å²) in [6.45, 7) is 2.77. The number of fused-ring (bicyclic) bond motifs is 1. The highest BCUT2D eigenvalue weighted by atomic mass is 32.3. The van der Waals surface area contributed by atoms with E-state index < -0.39 is 22.7 Å². The lowest BCUT2D eigenvalue weighted by molar-refractivity contribution is -0.0498. The van der Waals surface area contributed by atoms with Crippen LogP contribution in [0.15, 0.2) is 36.5 Å². The van der Waals surface area contributed by atoms with Crippen LogP contribution in [0.5, 0.6) is 5.75 Å². The van der Waals surface area contributed by atoms with E-state index in [1.807, 2.05) is 13.8 Å². The minimum Gasteiger partial charge on any atom is -0.435 e. The topological polar surface area (TPSA) is 110 Å². The molecular weight excluding hydrogens is 454 g/mol. The largest absolute Gasteiger partial charge is 0.435 e. The second-order valence-electron chi connectivity index (χ2n) is 8.84. The van der Waals surface area contributed by atoms with Crippen LogP contribution in [-0.2, 0) is 0 Å². The van der Waals surface area contributed by atoms with Crippen molar-refractivity contribution in [3.63, 3.8) is 0 Å². The van der Waals surface area contributed by atoms with E-state index in [4.69, 9.17) is 0 Å². The molecule has 3 N–H and O–H groups in total. The maximum atomic E-state index is 12.9. The van der Waals surface area contributed by atoms with Crippen LogP contribution >= 0.6 is 10.6 Å². The Morgan fingerprint density at radius 1 is 1.30 bits per heavy atom. The van der Waals surface area contributed by atoms with E-state index in [0.717, 1.165) is 0 Å². The molecule has 0 saturated carbocycles. The van der Waals surface area contributed by atoms with Crippen LogP contribution < -0.4 is 10.1 Å². The number of hydrogen-bond acceptors (Lipinski definition) is 6. The molecule has 1 atom stereocenters. The lowest BCUT2D eigenvalue weighted by Crippen LogP contribution is -2.46. The number of halogens is 2. The molecule has 0 bridgehead atoms. The SMILES string of the molecule is CC(C)c1nn(-c2cccc(OC(F)F)c2)c2ncc(C(=O)NC3(C)CCS(O)(O)C3)cc12. The highest BCUT2D eigenvalue weighted by molar-refractivity contribution is 8.24. The van der Waals surface area contributed by atoms with Crippen molar-refractivity contribution in [1.82, 2.24) is 20.1 Å². The number of nitrogens with zero attached hydrogens (tertiary/aromatic N) is 3. The van der Waals surface area contributed by atoms with Crippen molar-refractivity contribution in [2.24, 2.45) is 0 Å². The lowest BCUT2D eigenvalue weighted by Gasteiger charge is -2.30. The zero-order valence-corrected chi connectivity index (χ0v) is 19.3. The summed E-state index contributed by atoms with van der Waals surface area (Å²) < 4.78 is 51.2. The van der Waals surface area contributed by atoms with Gasteiger partial charge >= 0.3 is 6.61 Å². The van der Waals surface area contributed by atoms with Gasteiger partial charge in [0, 0.05) is 23.4 Å². The van der Waals surface area contributed by atoms with Crippen LogP contribution in [0.2, 0.25) is 0 Å². The number of pyridine rings is 1. The lowest BCUT2D eigenvalue weighted by atomic mass is 10.0. The van der Waals surface area contributed by atoms with Crippen LogP contribution in [0.1, 0.15) is 49.2 Å². The second kappa shape index (κ2) is 8.54. The highest BCUT2D eigenvalue weighted by Gasteiger charge is 2.39. The van der Waals surface area contributed by atoms with Gasteiger partial charge in [-0.15, -0.1) is 0 Å². The van der Waals surface area contributed by atoms with Gasteiger partial charge in [-0.05, 0) is 37.5 Å². The Morgan fingerprint density at radius 2 is 2.06 bits per heavy atom. The molecule has 0 aliphatic carbocycles. The Morgan fingerprint density at radius 3 is 2.70 bits per heavy atom. The molecule has 1 saturated heterocycles. The van der Waals surface area contributed by atoms with Crippen molar-refractivity contribution < 1.29 is 27.4 Å². The van der Waals surface area contributed by atoms with E-state index in [1.54, 1.807) is 25.1 Å². The standard InChI is InChI=1S/C22H26F2N4O4S/c1-13(2)18-17-9-14(20(29)26-22(3)7-8-33(30,31)12-22)11-25-19(17)28(27-18)15-5-4-6-16(10-15)32-21(23)24/h4-6,9-11,13,21,30-31H,7-8,12H2,1-3H3,(H,26,29). The number of nitrogens with one attached hydrogen (secondary N) is 1. The zero-order chi connectivity index (χ0) is 24.0. The van der Waals surface area contributed by atoms with Crippen molar-refractivity contribution >= 4 is 27.5 Å². The first-order chi connectivity index (χ1) is 15.5. The molecule has 3 aromatic rings. The summed E-state index contributed by atoms with van der Waals surface area (Å²) in [6, 6.07) is 7.87. The molecule has 1 aliphatic heterocycles. The molecule has 178 valence electrons. The van der Waals surface area contributed by atoms with Gasteiger partial charge in [-0.2, -0.15) is 24.5 Å². The van der Waals surface area contributed by atoms with Crippen LogP contribution in [-0.4, -0.2) is 53.4 Å². The van der Waals surface area contributed by atoms with Gasteiger partial charge in [0.2, 0.25) is 0 Å². The molecule has 0 spiro atoms. The quantitative estimate of drug-likeness (QED) is 0.468. The number of hydrogen-bond donors (Lipinski definition) is 3. The van der Waals surface area contributed by atoms with E-state index in [0.29, 0.717) is 34.4 Å². The van der Waals surface area contributed by atoms with Gasteiger partial charge < -0.3 is 10.1 Å². The van der Waals surface area contributed by atoms with Gasteiger partial charge in [0.05, 0.1) is 28.2 Å².